The number of hydrogen-bond donors (Lipinski definition) is 1. The summed E-state index contributed by atoms with van der Waals surface area (Å²) in [5.74, 6) is 1.30. The Morgan fingerprint density at radius 2 is 2.14 bits per heavy atom. The van der Waals surface area contributed by atoms with Gasteiger partial charge in [-0.05, 0) is 24.8 Å². The van der Waals surface area contributed by atoms with Gasteiger partial charge in [-0.3, -0.25) is 0 Å². The van der Waals surface area contributed by atoms with E-state index in [9.17, 15) is 8.42 Å². The first-order chi connectivity index (χ1) is 13.5. The summed E-state index contributed by atoms with van der Waals surface area (Å²) >= 11 is 0. The number of aromatic nitrogens is 5. The van der Waals surface area contributed by atoms with Crippen LogP contribution in [-0.2, 0) is 23.1 Å². The van der Waals surface area contributed by atoms with Crippen LogP contribution in [0.1, 0.15) is 18.5 Å². The van der Waals surface area contributed by atoms with E-state index in [1.165, 1.54) is 0 Å². The number of hydrogen-bond acceptors (Lipinski definition) is 6. The molecule has 0 saturated heterocycles. The van der Waals surface area contributed by atoms with E-state index in [4.69, 9.17) is 0 Å². The van der Waals surface area contributed by atoms with Crippen molar-refractivity contribution >= 4 is 26.9 Å². The lowest BCUT2D eigenvalue weighted by Crippen LogP contribution is -2.47. The summed E-state index contributed by atoms with van der Waals surface area (Å²) in [4.78, 5) is 18.0. The lowest BCUT2D eigenvalue weighted by molar-refractivity contribution is 0.273. The van der Waals surface area contributed by atoms with Crippen LogP contribution in [-0.4, -0.2) is 62.6 Å². The Hall–Kier alpha value is -2.46. The number of H-pyrrole nitrogens is 1. The highest BCUT2D eigenvalue weighted by Gasteiger charge is 2.38. The summed E-state index contributed by atoms with van der Waals surface area (Å²) in [6.45, 7) is 1.61. The van der Waals surface area contributed by atoms with Gasteiger partial charge in [-0.2, -0.15) is 4.31 Å². The number of rotatable bonds is 5. The molecule has 0 aromatic carbocycles. The molecule has 0 atom stereocenters. The van der Waals surface area contributed by atoms with E-state index in [0.717, 1.165) is 35.4 Å². The van der Waals surface area contributed by atoms with E-state index in [-0.39, 0.29) is 11.7 Å². The molecule has 3 aromatic heterocycles. The fourth-order valence-electron chi connectivity index (χ4n) is 4.27. The summed E-state index contributed by atoms with van der Waals surface area (Å²) in [7, 11) is -1.24. The van der Waals surface area contributed by atoms with Gasteiger partial charge in [-0.15, -0.1) is 0 Å². The molecule has 28 heavy (non-hydrogen) atoms. The minimum Gasteiger partial charge on any atom is -0.356 e. The molecule has 0 amide bonds. The second-order valence-electron chi connectivity index (χ2n) is 7.73. The molecule has 9 nitrogen and oxygen atoms in total. The van der Waals surface area contributed by atoms with Crippen molar-refractivity contribution in [3.63, 3.8) is 0 Å². The molecular formula is C18H23N7O2S. The van der Waals surface area contributed by atoms with Crippen molar-refractivity contribution in [3.05, 3.63) is 36.8 Å². The van der Waals surface area contributed by atoms with Gasteiger partial charge in [0.2, 0.25) is 10.0 Å². The number of aromatic amines is 1. The standard InChI is InChI=1S/C18H23N7O2S/c1-23(18-16-2-3-20-17(16)21-11-22-18)14-6-13(7-14)10-28(26,27)25-5-4-24-12-19-8-15(24)9-25/h2-3,8,11-14H,4-7,9-10H2,1H3,(H,20,21,22). The van der Waals surface area contributed by atoms with E-state index in [1.807, 2.05) is 23.9 Å². The molecule has 0 spiro atoms. The van der Waals surface area contributed by atoms with Gasteiger partial charge in [0.05, 0.1) is 29.7 Å². The molecular weight excluding hydrogens is 378 g/mol. The zero-order chi connectivity index (χ0) is 19.3. The van der Waals surface area contributed by atoms with E-state index >= 15 is 0 Å². The Morgan fingerprint density at radius 1 is 1.29 bits per heavy atom. The first kappa shape index (κ1) is 17.6. The fourth-order valence-corrected chi connectivity index (χ4v) is 6.03. The third-order valence-corrected chi connectivity index (χ3v) is 7.98. The third-order valence-electron chi connectivity index (χ3n) is 5.99. The van der Waals surface area contributed by atoms with Crippen molar-refractivity contribution in [3.8, 4) is 0 Å². The molecule has 3 aromatic rings. The minimum atomic E-state index is -3.26. The maximum atomic E-state index is 12.9. The molecule has 5 rings (SSSR count). The molecule has 1 saturated carbocycles. The van der Waals surface area contributed by atoms with Gasteiger partial charge in [0.25, 0.3) is 0 Å². The Kier molecular flexibility index (Phi) is 4.13. The Morgan fingerprint density at radius 3 is 3.00 bits per heavy atom. The van der Waals surface area contributed by atoms with E-state index in [1.54, 1.807) is 23.2 Å². The van der Waals surface area contributed by atoms with Gasteiger partial charge >= 0.3 is 0 Å². The van der Waals surface area contributed by atoms with Crippen molar-refractivity contribution in [2.24, 2.45) is 5.92 Å². The average molecular weight is 401 g/mol. The molecule has 1 fully saturated rings. The number of nitrogens with one attached hydrogen (secondary N) is 1. The van der Waals surface area contributed by atoms with Crippen molar-refractivity contribution in [1.82, 2.24) is 28.8 Å². The average Bonchev–Trinajstić information content (AvgIpc) is 3.31. The SMILES string of the molecule is CN(c1ncnc2[nH]ccc12)C1CC(CS(=O)(=O)N2CCn3cncc3C2)C1. The third kappa shape index (κ3) is 2.96. The first-order valence-electron chi connectivity index (χ1n) is 9.49. The van der Waals surface area contributed by atoms with Crippen molar-refractivity contribution in [1.29, 1.82) is 0 Å². The summed E-state index contributed by atoms with van der Waals surface area (Å²) in [6, 6.07) is 2.28. The lowest BCUT2D eigenvalue weighted by atomic mass is 9.81. The van der Waals surface area contributed by atoms with Crippen molar-refractivity contribution < 1.29 is 8.42 Å². The molecule has 0 unspecified atom stereocenters. The van der Waals surface area contributed by atoms with Gasteiger partial charge in [-0.1, -0.05) is 0 Å². The molecule has 0 radical (unpaired) electrons. The smallest absolute Gasteiger partial charge is 0.214 e. The quantitative estimate of drug-likeness (QED) is 0.690. The van der Waals surface area contributed by atoms with Crippen LogP contribution in [0.15, 0.2) is 31.1 Å². The monoisotopic (exact) mass is 401 g/mol. The van der Waals surface area contributed by atoms with Crippen LogP contribution in [0.4, 0.5) is 5.82 Å². The number of anilines is 1. The van der Waals surface area contributed by atoms with Crippen LogP contribution in [0.5, 0.6) is 0 Å². The molecule has 1 aliphatic carbocycles. The molecule has 4 heterocycles. The van der Waals surface area contributed by atoms with Gasteiger partial charge in [0.15, 0.2) is 0 Å². The van der Waals surface area contributed by atoms with Gasteiger partial charge < -0.3 is 14.5 Å². The topological polar surface area (TPSA) is 100 Å². The predicted octanol–water partition coefficient (Wildman–Crippen LogP) is 1.21. The number of nitrogens with zero attached hydrogens (tertiary/aromatic N) is 6. The zero-order valence-electron chi connectivity index (χ0n) is 15.7. The molecule has 1 aliphatic heterocycles. The summed E-state index contributed by atoms with van der Waals surface area (Å²) in [6.07, 6.45) is 8.65. The second kappa shape index (κ2) is 6.56. The molecule has 0 bridgehead atoms. The minimum absolute atomic E-state index is 0.188. The van der Waals surface area contributed by atoms with Crippen LogP contribution in [0.25, 0.3) is 11.0 Å². The Bertz CT molecular complexity index is 1100. The molecule has 148 valence electrons. The first-order valence-corrected chi connectivity index (χ1v) is 11.1. The van der Waals surface area contributed by atoms with Gasteiger partial charge in [-0.25, -0.2) is 23.4 Å². The van der Waals surface area contributed by atoms with Crippen LogP contribution < -0.4 is 4.90 Å². The van der Waals surface area contributed by atoms with Crippen LogP contribution in [0.3, 0.4) is 0 Å². The summed E-state index contributed by atoms with van der Waals surface area (Å²) in [5, 5.41) is 0.992. The predicted molar refractivity (Wildman–Crippen MR) is 105 cm³/mol. The molecule has 2 aliphatic rings. The van der Waals surface area contributed by atoms with Crippen molar-refractivity contribution in [2.45, 2.75) is 32.0 Å². The van der Waals surface area contributed by atoms with Gasteiger partial charge in [0, 0.05) is 38.6 Å². The largest absolute Gasteiger partial charge is 0.356 e. The molecule has 1 N–H and O–H groups in total. The zero-order valence-corrected chi connectivity index (χ0v) is 16.5. The number of sulfonamides is 1. The highest BCUT2D eigenvalue weighted by Crippen LogP contribution is 2.36. The Labute approximate surface area is 163 Å². The van der Waals surface area contributed by atoms with E-state index < -0.39 is 10.0 Å². The summed E-state index contributed by atoms with van der Waals surface area (Å²) < 4.78 is 29.4. The molecule has 10 heteroatoms. The number of imidazole rings is 1. The highest BCUT2D eigenvalue weighted by molar-refractivity contribution is 7.89. The van der Waals surface area contributed by atoms with Crippen LogP contribution in [0.2, 0.25) is 0 Å². The second-order valence-corrected chi connectivity index (χ2v) is 9.74. The normalized spacial score (nSPS) is 22.8. The summed E-state index contributed by atoms with van der Waals surface area (Å²) in [5.41, 5.74) is 1.78. The fraction of sp³-hybridized carbons (Fsp3) is 0.500. The Balaban J connectivity index is 1.22. The van der Waals surface area contributed by atoms with Crippen LogP contribution in [0, 0.1) is 5.92 Å². The highest BCUT2D eigenvalue weighted by atomic mass is 32.2. The van der Waals surface area contributed by atoms with E-state index in [2.05, 4.69) is 24.8 Å². The van der Waals surface area contributed by atoms with E-state index in [0.29, 0.717) is 25.7 Å². The van der Waals surface area contributed by atoms with Crippen LogP contribution >= 0.6 is 0 Å². The van der Waals surface area contributed by atoms with Crippen molar-refractivity contribution in [2.75, 3.05) is 24.2 Å². The lowest BCUT2D eigenvalue weighted by Gasteiger charge is -2.42. The number of fused-ring (bicyclic) bond motifs is 2. The maximum Gasteiger partial charge on any atom is 0.214 e. The maximum absolute atomic E-state index is 12.9. The van der Waals surface area contributed by atoms with Gasteiger partial charge in [0.1, 0.15) is 17.8 Å².